The van der Waals surface area contributed by atoms with Gasteiger partial charge in [-0.1, -0.05) is 44.2 Å². The van der Waals surface area contributed by atoms with Crippen molar-refractivity contribution >= 4 is 46.3 Å². The molecule has 0 saturated carbocycles. The van der Waals surface area contributed by atoms with E-state index in [0.29, 0.717) is 17.8 Å². The monoisotopic (exact) mass is 635 g/mol. The Hall–Kier alpha value is -4.43. The van der Waals surface area contributed by atoms with Gasteiger partial charge in [-0.15, -0.1) is 22.7 Å². The number of oxazole rings is 1. The number of nitrogens with zero attached hydrogens (tertiary/aromatic N) is 4. The zero-order valence-electron chi connectivity index (χ0n) is 24.5. The van der Waals surface area contributed by atoms with Crippen molar-refractivity contribution in [3.8, 4) is 0 Å². The van der Waals surface area contributed by atoms with Gasteiger partial charge >= 0.3 is 0 Å². The van der Waals surface area contributed by atoms with Crippen molar-refractivity contribution in [1.29, 1.82) is 0 Å². The van der Waals surface area contributed by atoms with E-state index in [1.807, 2.05) is 44.2 Å². The van der Waals surface area contributed by atoms with Gasteiger partial charge in [0.1, 0.15) is 28.7 Å². The van der Waals surface area contributed by atoms with Gasteiger partial charge in [0.2, 0.25) is 11.8 Å². The molecule has 0 saturated heterocycles. The van der Waals surface area contributed by atoms with Crippen LogP contribution in [0.1, 0.15) is 87.2 Å². The molecule has 3 atom stereocenters. The number of thiazole rings is 2. The summed E-state index contributed by atoms with van der Waals surface area (Å²) in [7, 11) is 0. The van der Waals surface area contributed by atoms with Crippen molar-refractivity contribution in [3.05, 3.63) is 86.4 Å². The maximum atomic E-state index is 13.6. The molecule has 1 aliphatic rings. The number of carbonyl (C=O) groups is 4. The fraction of sp³-hybridized carbons (Fsp3) is 0.367. The normalized spacial score (nSPS) is 20.0. The number of benzene rings is 1. The van der Waals surface area contributed by atoms with E-state index in [1.54, 1.807) is 23.2 Å². The highest BCUT2D eigenvalue weighted by molar-refractivity contribution is 7.10. The van der Waals surface area contributed by atoms with E-state index in [-0.39, 0.29) is 42.0 Å². The average Bonchev–Trinajstić information content (AvgIpc) is 3.78. The van der Waals surface area contributed by atoms with Crippen LogP contribution in [0.2, 0.25) is 0 Å². The molecule has 0 unspecified atom stereocenters. The highest BCUT2D eigenvalue weighted by Crippen LogP contribution is 2.24. The third kappa shape index (κ3) is 7.74. The van der Waals surface area contributed by atoms with Crippen LogP contribution in [0.4, 0.5) is 0 Å². The molecule has 44 heavy (non-hydrogen) atoms. The highest BCUT2D eigenvalue weighted by Gasteiger charge is 2.29. The molecule has 4 amide bonds. The lowest BCUT2D eigenvalue weighted by Gasteiger charge is -2.29. The van der Waals surface area contributed by atoms with Gasteiger partial charge < -0.3 is 25.3 Å². The van der Waals surface area contributed by atoms with Crippen LogP contribution < -0.4 is 16.0 Å². The zero-order valence-corrected chi connectivity index (χ0v) is 26.1. The molecule has 3 aromatic heterocycles. The Balaban J connectivity index is 1.51. The number of aromatic nitrogens is 3. The van der Waals surface area contributed by atoms with E-state index < -0.39 is 41.8 Å². The Morgan fingerprint density at radius 1 is 1.05 bits per heavy atom. The summed E-state index contributed by atoms with van der Waals surface area (Å²) in [4.78, 5) is 68.0. The predicted octanol–water partition coefficient (Wildman–Crippen LogP) is 3.78. The summed E-state index contributed by atoms with van der Waals surface area (Å²) in [5.74, 6) is -1.46. The minimum atomic E-state index is -0.648. The zero-order chi connectivity index (χ0) is 31.2. The van der Waals surface area contributed by atoms with E-state index in [9.17, 15) is 19.2 Å². The number of hydrogen-bond donors (Lipinski definition) is 3. The molecule has 0 spiro atoms. The Morgan fingerprint density at radius 3 is 2.55 bits per heavy atom. The van der Waals surface area contributed by atoms with Gasteiger partial charge in [0.05, 0.1) is 18.1 Å². The number of amides is 4. The van der Waals surface area contributed by atoms with Gasteiger partial charge in [0.25, 0.3) is 17.7 Å². The smallest absolute Gasteiger partial charge is 0.273 e. The van der Waals surface area contributed by atoms with Crippen molar-refractivity contribution in [2.24, 2.45) is 5.92 Å². The lowest BCUT2D eigenvalue weighted by Crippen LogP contribution is -2.50. The van der Waals surface area contributed by atoms with E-state index in [0.717, 1.165) is 5.56 Å². The van der Waals surface area contributed by atoms with Crippen molar-refractivity contribution in [2.75, 3.05) is 13.1 Å². The van der Waals surface area contributed by atoms with Gasteiger partial charge in [-0.2, -0.15) is 0 Å². The third-order valence-electron chi connectivity index (χ3n) is 6.95. The van der Waals surface area contributed by atoms with Crippen molar-refractivity contribution < 1.29 is 23.6 Å². The van der Waals surface area contributed by atoms with Crippen LogP contribution in [-0.2, 0) is 11.2 Å². The van der Waals surface area contributed by atoms with Gasteiger partial charge in [-0.05, 0) is 31.2 Å². The van der Waals surface area contributed by atoms with Crippen molar-refractivity contribution in [2.45, 2.75) is 51.7 Å². The quantitative estimate of drug-likeness (QED) is 0.299. The molecule has 4 heterocycles. The molecule has 12 nitrogen and oxygen atoms in total. The summed E-state index contributed by atoms with van der Waals surface area (Å²) in [6, 6.07) is 7.90. The fourth-order valence-electron chi connectivity index (χ4n) is 4.91. The molecular formula is C30H33N7O5S2. The second kappa shape index (κ2) is 13.9. The Bertz CT molecular complexity index is 1600. The number of fused-ring (bicyclic) bond motifs is 4. The van der Waals surface area contributed by atoms with Gasteiger partial charge in [-0.3, -0.25) is 19.2 Å². The summed E-state index contributed by atoms with van der Waals surface area (Å²) in [6.45, 7) is 5.49. The summed E-state index contributed by atoms with van der Waals surface area (Å²) >= 11 is 2.53. The first-order valence-electron chi connectivity index (χ1n) is 14.2. The summed E-state index contributed by atoms with van der Waals surface area (Å²) in [6.07, 6.45) is 2.18. The fourth-order valence-corrected chi connectivity index (χ4v) is 6.29. The molecule has 1 aliphatic heterocycles. The van der Waals surface area contributed by atoms with Crippen molar-refractivity contribution in [3.63, 3.8) is 0 Å². The number of carbonyl (C=O) groups excluding carboxylic acids is 4. The standard InChI is InChI=1S/C30H33N7O5S2/c1-17(2)9-20-11-37(30(41)24-14-43-16-31-24)12-25(38)34-21(10-19-7-5-4-6-8-19)29-36-23(15-44-29)27(40)32-18(3)28-35-22(13-42-28)26(39)33-20/h4-8,13-18,20-21H,9-12H2,1-3H3,(H,32,40)(H,33,39)(H,34,38)/t18-,20-,21-/m1/s1. The first-order chi connectivity index (χ1) is 21.2. The summed E-state index contributed by atoms with van der Waals surface area (Å²) in [5, 5.41) is 12.6. The molecule has 1 aromatic carbocycles. The molecule has 4 aromatic rings. The third-order valence-corrected chi connectivity index (χ3v) is 8.49. The lowest BCUT2D eigenvalue weighted by atomic mass is 10.0. The van der Waals surface area contributed by atoms with Crippen LogP contribution in [0.3, 0.4) is 0 Å². The number of rotatable bonds is 5. The van der Waals surface area contributed by atoms with E-state index >= 15 is 0 Å². The van der Waals surface area contributed by atoms with E-state index in [4.69, 9.17) is 4.42 Å². The SMILES string of the molecule is CC(C)C[C@@H]1CN(C(=O)c2cscn2)CC(=O)N[C@H](Cc2ccccc2)c2nc(cs2)C(=O)N[C@H](C)c2nc(co2)C(=O)N1. The Labute approximate surface area is 262 Å². The predicted molar refractivity (Wildman–Crippen MR) is 164 cm³/mol. The first-order valence-corrected chi connectivity index (χ1v) is 16.0. The molecule has 0 aliphatic carbocycles. The molecule has 230 valence electrons. The van der Waals surface area contributed by atoms with Crippen LogP contribution in [-0.4, -0.2) is 62.6 Å². The number of hydrogen-bond acceptors (Lipinski definition) is 10. The van der Waals surface area contributed by atoms with Crippen LogP contribution in [0.15, 0.2) is 57.3 Å². The van der Waals surface area contributed by atoms with Gasteiger partial charge in [-0.25, -0.2) is 15.0 Å². The molecule has 0 fully saturated rings. The Morgan fingerprint density at radius 2 is 1.82 bits per heavy atom. The summed E-state index contributed by atoms with van der Waals surface area (Å²) < 4.78 is 5.54. The van der Waals surface area contributed by atoms with E-state index in [2.05, 4.69) is 30.9 Å². The molecule has 5 rings (SSSR count). The minimum Gasteiger partial charge on any atom is -0.446 e. The first kappa shape index (κ1) is 31.0. The maximum absolute atomic E-state index is 13.6. The van der Waals surface area contributed by atoms with Crippen LogP contribution in [0.5, 0.6) is 0 Å². The van der Waals surface area contributed by atoms with Gasteiger partial charge in [0, 0.05) is 23.3 Å². The maximum Gasteiger partial charge on any atom is 0.273 e. The molecule has 0 radical (unpaired) electrons. The molecule has 14 heteroatoms. The highest BCUT2D eigenvalue weighted by atomic mass is 32.1. The molecule has 4 bridgehead atoms. The van der Waals surface area contributed by atoms with Crippen LogP contribution in [0.25, 0.3) is 0 Å². The molecular weight excluding hydrogens is 603 g/mol. The van der Waals surface area contributed by atoms with Crippen molar-refractivity contribution in [1.82, 2.24) is 35.8 Å². The Kier molecular flexibility index (Phi) is 9.80. The number of nitrogens with one attached hydrogen (secondary N) is 3. The molecule has 3 N–H and O–H groups in total. The van der Waals surface area contributed by atoms with Crippen LogP contribution >= 0.6 is 22.7 Å². The lowest BCUT2D eigenvalue weighted by molar-refractivity contribution is -0.122. The largest absolute Gasteiger partial charge is 0.446 e. The second-order valence-corrected chi connectivity index (χ2v) is 12.6. The van der Waals surface area contributed by atoms with Crippen LogP contribution in [0, 0.1) is 5.92 Å². The minimum absolute atomic E-state index is 0.0331. The summed E-state index contributed by atoms with van der Waals surface area (Å²) in [5.41, 5.74) is 2.94. The average molecular weight is 636 g/mol. The topological polar surface area (TPSA) is 159 Å². The second-order valence-electron chi connectivity index (χ2n) is 11.0. The van der Waals surface area contributed by atoms with E-state index in [1.165, 1.54) is 33.8 Å². The van der Waals surface area contributed by atoms with Gasteiger partial charge in [0.15, 0.2) is 5.69 Å².